The monoisotopic (exact) mass is 725 g/mol. The highest BCUT2D eigenvalue weighted by molar-refractivity contribution is 14.1. The van der Waals surface area contributed by atoms with Gasteiger partial charge in [-0.3, -0.25) is 14.5 Å². The molecule has 1 aliphatic heterocycles. The molecule has 1 heterocycles. The molecule has 37 heavy (non-hydrogen) atoms. The molecule has 0 bridgehead atoms. The molecule has 2 aromatic rings. The zero-order valence-electron chi connectivity index (χ0n) is 20.3. The number of aromatic hydroxyl groups is 1. The van der Waals surface area contributed by atoms with Crippen LogP contribution in [-0.4, -0.2) is 65.6 Å². The number of carbonyl (C=O) groups is 2. The lowest BCUT2D eigenvalue weighted by atomic mass is 10.0. The van der Waals surface area contributed by atoms with Crippen molar-refractivity contribution in [3.8, 4) is 11.8 Å². The number of benzene rings is 2. The Morgan fingerprint density at radius 2 is 1.70 bits per heavy atom. The number of halogens is 2. The van der Waals surface area contributed by atoms with Crippen LogP contribution in [0.3, 0.4) is 0 Å². The zero-order valence-corrected chi connectivity index (χ0v) is 24.7. The Balaban J connectivity index is 1.27. The minimum atomic E-state index is -0.857. The van der Waals surface area contributed by atoms with E-state index in [9.17, 15) is 20.0 Å². The molecule has 5 rings (SSSR count). The van der Waals surface area contributed by atoms with E-state index >= 15 is 0 Å². The van der Waals surface area contributed by atoms with Crippen LogP contribution in [0.5, 0.6) is 5.75 Å². The second kappa shape index (κ2) is 10.9. The van der Waals surface area contributed by atoms with Gasteiger partial charge in [-0.25, -0.2) is 0 Å². The smallest absolute Gasteiger partial charge is 0.251 e. The van der Waals surface area contributed by atoms with E-state index in [2.05, 4.69) is 26.5 Å². The SMILES string of the molecule is N#CC1(NC(=O)[C@H](Cc2cc(I)c(O)c(I)c2)NC(=O)c2ccc(N3CCN(C4CC4)CC3)cc2)CC1. The predicted octanol–water partition coefficient (Wildman–Crippen LogP) is 3.40. The molecule has 2 amide bonds. The molecule has 2 saturated carbocycles. The first-order valence-electron chi connectivity index (χ1n) is 12.6. The van der Waals surface area contributed by atoms with Crippen LogP contribution in [0.2, 0.25) is 0 Å². The fourth-order valence-corrected chi connectivity index (χ4v) is 6.64. The molecule has 2 aromatic carbocycles. The summed E-state index contributed by atoms with van der Waals surface area (Å²) in [5, 5.41) is 25.3. The Morgan fingerprint density at radius 3 is 2.24 bits per heavy atom. The van der Waals surface area contributed by atoms with Gasteiger partial charge in [-0.15, -0.1) is 0 Å². The lowest BCUT2D eigenvalue weighted by Gasteiger charge is -2.36. The Morgan fingerprint density at radius 1 is 1.08 bits per heavy atom. The van der Waals surface area contributed by atoms with E-state index in [-0.39, 0.29) is 24.0 Å². The highest BCUT2D eigenvalue weighted by Gasteiger charge is 2.45. The van der Waals surface area contributed by atoms with Crippen molar-refractivity contribution in [3.05, 3.63) is 54.7 Å². The summed E-state index contributed by atoms with van der Waals surface area (Å²) in [4.78, 5) is 31.3. The molecule has 3 aliphatic rings. The number of phenols is 1. The fourth-order valence-electron chi connectivity index (χ4n) is 4.74. The van der Waals surface area contributed by atoms with E-state index in [1.54, 1.807) is 24.3 Å². The summed E-state index contributed by atoms with van der Waals surface area (Å²) in [6, 6.07) is 13.3. The van der Waals surface area contributed by atoms with Gasteiger partial charge in [-0.2, -0.15) is 5.26 Å². The molecule has 3 N–H and O–H groups in total. The predicted molar refractivity (Wildman–Crippen MR) is 157 cm³/mol. The summed E-state index contributed by atoms with van der Waals surface area (Å²) >= 11 is 4.10. The molecule has 3 fully saturated rings. The van der Waals surface area contributed by atoms with Gasteiger partial charge in [-0.1, -0.05) is 0 Å². The Kier molecular flexibility index (Phi) is 7.83. The Hall–Kier alpha value is -2.11. The second-order valence-electron chi connectivity index (χ2n) is 10.1. The van der Waals surface area contributed by atoms with Gasteiger partial charge in [0.1, 0.15) is 17.3 Å². The normalized spacial score (nSPS) is 19.5. The van der Waals surface area contributed by atoms with E-state index in [0.717, 1.165) is 43.5 Å². The maximum absolute atomic E-state index is 13.2. The van der Waals surface area contributed by atoms with E-state index < -0.39 is 11.6 Å². The van der Waals surface area contributed by atoms with Crippen LogP contribution in [0.25, 0.3) is 0 Å². The molecule has 8 nitrogen and oxygen atoms in total. The number of phenolic OH excluding ortho intramolecular Hbond substituents is 1. The molecule has 0 aromatic heterocycles. The van der Waals surface area contributed by atoms with Crippen molar-refractivity contribution in [1.82, 2.24) is 15.5 Å². The fraction of sp³-hybridized carbons (Fsp3) is 0.444. The van der Waals surface area contributed by atoms with Gasteiger partial charge in [0.05, 0.1) is 13.2 Å². The highest BCUT2D eigenvalue weighted by atomic mass is 127. The minimum absolute atomic E-state index is 0.199. The standard InChI is InChI=1S/C27H29I2N5O3/c28-21-13-17(14-22(29)24(21)35)15-23(26(37)32-27(16-30)7-8-27)31-25(36)18-1-3-19(4-2-18)33-9-11-34(12-10-33)20-5-6-20/h1-4,13-14,20,23,35H,5-12,15H2,(H,31,36)(H,32,37)/t23-/m0/s1. The van der Waals surface area contributed by atoms with Gasteiger partial charge in [0.2, 0.25) is 5.91 Å². The Bertz CT molecular complexity index is 1210. The summed E-state index contributed by atoms with van der Waals surface area (Å²) in [6.45, 7) is 4.11. The number of nitrogens with zero attached hydrogens (tertiary/aromatic N) is 3. The number of amides is 2. The summed E-state index contributed by atoms with van der Waals surface area (Å²) in [7, 11) is 0. The number of anilines is 1. The topological polar surface area (TPSA) is 109 Å². The maximum atomic E-state index is 13.2. The van der Waals surface area contributed by atoms with Crippen LogP contribution >= 0.6 is 45.2 Å². The van der Waals surface area contributed by atoms with Crippen LogP contribution in [0.15, 0.2) is 36.4 Å². The van der Waals surface area contributed by atoms with Gasteiger partial charge >= 0.3 is 0 Å². The van der Waals surface area contributed by atoms with Crippen molar-refractivity contribution < 1.29 is 14.7 Å². The van der Waals surface area contributed by atoms with E-state index in [1.807, 2.05) is 57.3 Å². The van der Waals surface area contributed by atoms with Crippen molar-refractivity contribution in [1.29, 1.82) is 5.26 Å². The van der Waals surface area contributed by atoms with Gasteiger partial charge in [0.25, 0.3) is 5.91 Å². The van der Waals surface area contributed by atoms with E-state index in [0.29, 0.717) is 25.5 Å². The molecular weight excluding hydrogens is 696 g/mol. The molecule has 194 valence electrons. The lowest BCUT2D eigenvalue weighted by molar-refractivity contribution is -0.123. The largest absolute Gasteiger partial charge is 0.506 e. The first-order chi connectivity index (χ1) is 17.8. The first kappa shape index (κ1) is 26.5. The average Bonchev–Trinajstić information content (AvgIpc) is 3.83. The van der Waals surface area contributed by atoms with Crippen LogP contribution in [-0.2, 0) is 11.2 Å². The zero-order chi connectivity index (χ0) is 26.2. The molecule has 1 atom stereocenters. The molecule has 0 unspecified atom stereocenters. The minimum Gasteiger partial charge on any atom is -0.506 e. The van der Waals surface area contributed by atoms with Crippen LogP contribution in [0.1, 0.15) is 41.6 Å². The lowest BCUT2D eigenvalue weighted by Crippen LogP contribution is -2.51. The maximum Gasteiger partial charge on any atom is 0.251 e. The Labute approximate surface area is 244 Å². The van der Waals surface area contributed by atoms with Crippen molar-refractivity contribution in [2.45, 2.75) is 49.7 Å². The van der Waals surface area contributed by atoms with Crippen LogP contribution in [0.4, 0.5) is 5.69 Å². The average molecular weight is 725 g/mol. The summed E-state index contributed by atoms with van der Waals surface area (Å²) in [5.41, 5.74) is 1.56. The van der Waals surface area contributed by atoms with Crippen molar-refractivity contribution >= 4 is 62.7 Å². The van der Waals surface area contributed by atoms with Crippen molar-refractivity contribution in [2.75, 3.05) is 31.1 Å². The number of piperazine rings is 1. The number of nitrogens with one attached hydrogen (secondary N) is 2. The highest BCUT2D eigenvalue weighted by Crippen LogP contribution is 2.34. The molecule has 1 saturated heterocycles. The molecule has 0 radical (unpaired) electrons. The van der Waals surface area contributed by atoms with Gasteiger partial charge in [0, 0.05) is 49.9 Å². The molecule has 0 spiro atoms. The third-order valence-corrected chi connectivity index (χ3v) is 8.98. The number of hydrogen-bond donors (Lipinski definition) is 3. The molecular formula is C27H29I2N5O3. The quantitative estimate of drug-likeness (QED) is 0.361. The van der Waals surface area contributed by atoms with Gasteiger partial charge in [0.15, 0.2) is 0 Å². The van der Waals surface area contributed by atoms with Crippen LogP contribution < -0.4 is 15.5 Å². The second-order valence-corrected chi connectivity index (χ2v) is 12.4. The van der Waals surface area contributed by atoms with Gasteiger partial charge in [-0.05, 0) is 113 Å². The van der Waals surface area contributed by atoms with E-state index in [4.69, 9.17) is 0 Å². The third kappa shape index (κ3) is 6.31. The first-order valence-corrected chi connectivity index (χ1v) is 14.7. The van der Waals surface area contributed by atoms with Crippen LogP contribution in [0, 0.1) is 18.5 Å². The number of nitriles is 1. The number of carbonyl (C=O) groups excluding carboxylic acids is 2. The third-order valence-electron chi connectivity index (χ3n) is 7.34. The summed E-state index contributed by atoms with van der Waals surface area (Å²) in [6.07, 6.45) is 4.12. The van der Waals surface area contributed by atoms with Gasteiger partial charge < -0.3 is 20.6 Å². The van der Waals surface area contributed by atoms with E-state index in [1.165, 1.54) is 12.8 Å². The summed E-state index contributed by atoms with van der Waals surface area (Å²) in [5.74, 6) is -0.517. The van der Waals surface area contributed by atoms with Crippen molar-refractivity contribution in [3.63, 3.8) is 0 Å². The molecule has 2 aliphatic carbocycles. The summed E-state index contributed by atoms with van der Waals surface area (Å²) < 4.78 is 1.35. The number of hydrogen-bond acceptors (Lipinski definition) is 6. The molecule has 10 heteroatoms. The van der Waals surface area contributed by atoms with Crippen molar-refractivity contribution in [2.24, 2.45) is 0 Å². The number of rotatable bonds is 8.